The zero-order valence-electron chi connectivity index (χ0n) is 12.5. The van der Waals surface area contributed by atoms with Crippen molar-refractivity contribution in [2.75, 3.05) is 19.7 Å². The van der Waals surface area contributed by atoms with E-state index in [4.69, 9.17) is 11.2 Å². The summed E-state index contributed by atoms with van der Waals surface area (Å²) >= 11 is 0. The number of ketones is 1. The molecule has 0 saturated carbocycles. The van der Waals surface area contributed by atoms with Crippen molar-refractivity contribution < 1.29 is 14.3 Å². The second-order valence-electron chi connectivity index (χ2n) is 5.35. The van der Waals surface area contributed by atoms with Gasteiger partial charge in [-0.05, 0) is 32.4 Å². The van der Waals surface area contributed by atoms with Crippen LogP contribution < -0.4 is 0 Å². The van der Waals surface area contributed by atoms with Crippen molar-refractivity contribution in [2.45, 2.75) is 25.8 Å². The molecule has 0 bridgehead atoms. The van der Waals surface area contributed by atoms with Gasteiger partial charge in [0.15, 0.2) is 5.78 Å². The Hall–Kier alpha value is -2.06. The van der Waals surface area contributed by atoms with Crippen LogP contribution in [0.15, 0.2) is 12.3 Å². The Kier molecular flexibility index (Phi) is 4.81. The van der Waals surface area contributed by atoms with Crippen LogP contribution in [0, 0.1) is 12.3 Å². The van der Waals surface area contributed by atoms with Crippen LogP contribution in [0.3, 0.4) is 0 Å². The fourth-order valence-electron chi connectivity index (χ4n) is 2.62. The molecule has 5 nitrogen and oxygen atoms in total. The molecule has 1 fully saturated rings. The predicted molar refractivity (Wildman–Crippen MR) is 79.1 cm³/mol. The summed E-state index contributed by atoms with van der Waals surface area (Å²) in [4.78, 5) is 25.6. The molecule has 2 heterocycles. The van der Waals surface area contributed by atoms with Gasteiger partial charge in [-0.15, -0.1) is 6.42 Å². The fourth-order valence-corrected chi connectivity index (χ4v) is 2.62. The molecule has 0 amide bonds. The zero-order chi connectivity index (χ0) is 15.4. The van der Waals surface area contributed by atoms with Gasteiger partial charge in [0.2, 0.25) is 0 Å². The molecule has 0 spiro atoms. The molecule has 1 aliphatic heterocycles. The second kappa shape index (κ2) is 6.59. The molecular formula is C16H20N2O3. The minimum absolute atomic E-state index is 0.0689. The van der Waals surface area contributed by atoms with Crippen molar-refractivity contribution in [2.24, 2.45) is 7.05 Å². The van der Waals surface area contributed by atoms with Crippen LogP contribution >= 0.6 is 0 Å². The van der Waals surface area contributed by atoms with Gasteiger partial charge < -0.3 is 9.30 Å². The van der Waals surface area contributed by atoms with E-state index in [1.807, 2.05) is 0 Å². The number of nitrogens with zero attached hydrogens (tertiary/aromatic N) is 2. The summed E-state index contributed by atoms with van der Waals surface area (Å²) in [5.74, 6) is 2.15. The van der Waals surface area contributed by atoms with Gasteiger partial charge in [0.1, 0.15) is 12.3 Å². The number of terminal acetylenes is 1. The average Bonchev–Trinajstić information content (AvgIpc) is 3.03. The van der Waals surface area contributed by atoms with Crippen molar-refractivity contribution in [3.8, 4) is 12.3 Å². The minimum atomic E-state index is -0.405. The smallest absolute Gasteiger partial charge is 0.355 e. The Balaban J connectivity index is 1.96. The van der Waals surface area contributed by atoms with Crippen LogP contribution in [-0.2, 0) is 11.8 Å². The molecule has 0 unspecified atom stereocenters. The van der Waals surface area contributed by atoms with Crippen LogP contribution in [0.1, 0.15) is 40.6 Å². The third-order valence-electron chi connectivity index (χ3n) is 3.82. The number of esters is 1. The number of ether oxygens (including phenoxy) is 1. The van der Waals surface area contributed by atoms with Gasteiger partial charge in [-0.1, -0.05) is 5.92 Å². The normalized spacial score (nSPS) is 18.4. The molecule has 1 aromatic rings. The highest BCUT2D eigenvalue weighted by Gasteiger charge is 2.25. The molecule has 0 radical (unpaired) electrons. The van der Waals surface area contributed by atoms with Crippen molar-refractivity contribution in [3.63, 3.8) is 0 Å². The summed E-state index contributed by atoms with van der Waals surface area (Å²) in [6, 6.07) is 1.76. The standard InChI is InChI=1S/C16H20N2O3/c1-4-7-18-8-5-6-14(18)11-21-16(20)15-9-13(12(2)19)10-17(15)3/h1,9-10,14H,5-8,11H2,2-3H3/t14-/m0/s1. The maximum Gasteiger partial charge on any atom is 0.355 e. The Labute approximate surface area is 124 Å². The second-order valence-corrected chi connectivity index (χ2v) is 5.35. The number of Topliss-reactive ketones (excluding diaryl/α,β-unsaturated/α-hetero) is 1. The summed E-state index contributed by atoms with van der Waals surface area (Å²) in [6.07, 6.45) is 9.03. The fraction of sp³-hybridized carbons (Fsp3) is 0.500. The first-order valence-corrected chi connectivity index (χ1v) is 7.05. The van der Waals surface area contributed by atoms with Crippen LogP contribution in [-0.4, -0.2) is 47.0 Å². The molecule has 1 aliphatic rings. The number of hydrogen-bond acceptors (Lipinski definition) is 4. The van der Waals surface area contributed by atoms with Crippen molar-refractivity contribution in [3.05, 3.63) is 23.5 Å². The SMILES string of the molecule is C#CCN1CCC[C@H]1COC(=O)c1cc(C(C)=O)cn1C. The highest BCUT2D eigenvalue weighted by atomic mass is 16.5. The van der Waals surface area contributed by atoms with E-state index in [1.54, 1.807) is 23.9 Å². The topological polar surface area (TPSA) is 51.5 Å². The van der Waals surface area contributed by atoms with Crippen molar-refractivity contribution in [1.82, 2.24) is 9.47 Å². The van der Waals surface area contributed by atoms with Gasteiger partial charge in [-0.25, -0.2) is 4.79 Å². The molecule has 112 valence electrons. The summed E-state index contributed by atoms with van der Waals surface area (Å²) in [7, 11) is 1.73. The van der Waals surface area contributed by atoms with Crippen LogP contribution in [0.5, 0.6) is 0 Å². The van der Waals surface area contributed by atoms with Gasteiger partial charge in [0, 0.05) is 24.8 Å². The van der Waals surface area contributed by atoms with E-state index in [9.17, 15) is 9.59 Å². The van der Waals surface area contributed by atoms with Crippen molar-refractivity contribution in [1.29, 1.82) is 0 Å². The van der Waals surface area contributed by atoms with E-state index in [2.05, 4.69) is 10.8 Å². The highest BCUT2D eigenvalue weighted by Crippen LogP contribution is 2.17. The van der Waals surface area contributed by atoms with E-state index in [1.165, 1.54) is 6.92 Å². The lowest BCUT2D eigenvalue weighted by Gasteiger charge is -2.21. The number of hydrogen-bond donors (Lipinski definition) is 0. The highest BCUT2D eigenvalue weighted by molar-refractivity contribution is 5.97. The summed E-state index contributed by atoms with van der Waals surface area (Å²) in [5.41, 5.74) is 0.904. The summed E-state index contributed by atoms with van der Waals surface area (Å²) in [6.45, 7) is 3.34. The zero-order valence-corrected chi connectivity index (χ0v) is 12.5. The first-order chi connectivity index (χ1) is 10.0. The lowest BCUT2D eigenvalue weighted by atomic mass is 10.2. The van der Waals surface area contributed by atoms with Gasteiger partial charge >= 0.3 is 5.97 Å². The van der Waals surface area contributed by atoms with Crippen LogP contribution in [0.4, 0.5) is 0 Å². The third kappa shape index (κ3) is 3.53. The molecule has 1 atom stereocenters. The Morgan fingerprint density at radius 2 is 2.29 bits per heavy atom. The van der Waals surface area contributed by atoms with Crippen molar-refractivity contribution >= 4 is 11.8 Å². The summed E-state index contributed by atoms with van der Waals surface area (Å²) in [5, 5.41) is 0. The Morgan fingerprint density at radius 3 is 2.90 bits per heavy atom. The van der Waals surface area contributed by atoms with E-state index in [0.717, 1.165) is 19.4 Å². The molecule has 21 heavy (non-hydrogen) atoms. The molecule has 2 rings (SSSR count). The van der Waals surface area contributed by atoms with Crippen LogP contribution in [0.25, 0.3) is 0 Å². The monoisotopic (exact) mass is 288 g/mol. The Bertz CT molecular complexity index is 583. The third-order valence-corrected chi connectivity index (χ3v) is 3.82. The number of carbonyl (C=O) groups excluding carboxylic acids is 2. The molecule has 0 aliphatic carbocycles. The van der Waals surface area contributed by atoms with Gasteiger partial charge in [0.05, 0.1) is 6.54 Å². The Morgan fingerprint density at radius 1 is 1.52 bits per heavy atom. The number of aryl methyl sites for hydroxylation is 1. The summed E-state index contributed by atoms with van der Waals surface area (Å²) < 4.78 is 7.00. The van der Waals surface area contributed by atoms with E-state index in [-0.39, 0.29) is 11.8 Å². The van der Waals surface area contributed by atoms with Crippen LogP contribution in [0.2, 0.25) is 0 Å². The molecule has 0 N–H and O–H groups in total. The number of aromatic nitrogens is 1. The largest absolute Gasteiger partial charge is 0.459 e. The number of rotatable bonds is 5. The molecule has 5 heteroatoms. The van der Waals surface area contributed by atoms with Gasteiger partial charge in [-0.2, -0.15) is 0 Å². The first-order valence-electron chi connectivity index (χ1n) is 7.05. The molecule has 1 aromatic heterocycles. The molecular weight excluding hydrogens is 268 g/mol. The quantitative estimate of drug-likeness (QED) is 0.468. The first kappa shape index (κ1) is 15.3. The molecule has 1 saturated heterocycles. The van der Waals surface area contributed by atoms with E-state index >= 15 is 0 Å². The van der Waals surface area contributed by atoms with Gasteiger partial charge in [0.25, 0.3) is 0 Å². The van der Waals surface area contributed by atoms with E-state index < -0.39 is 5.97 Å². The lowest BCUT2D eigenvalue weighted by Crippen LogP contribution is -2.34. The predicted octanol–water partition coefficient (Wildman–Crippen LogP) is 1.48. The van der Waals surface area contributed by atoms with Gasteiger partial charge in [-0.3, -0.25) is 9.69 Å². The number of carbonyl (C=O) groups is 2. The molecule has 0 aromatic carbocycles. The average molecular weight is 288 g/mol. The number of likely N-dealkylation sites (tertiary alicyclic amines) is 1. The maximum absolute atomic E-state index is 12.1. The maximum atomic E-state index is 12.1. The lowest BCUT2D eigenvalue weighted by molar-refractivity contribution is 0.0397. The van der Waals surface area contributed by atoms with E-state index in [0.29, 0.717) is 24.4 Å². The minimum Gasteiger partial charge on any atom is -0.459 e.